The van der Waals surface area contributed by atoms with Gasteiger partial charge >= 0.3 is 5.97 Å². The van der Waals surface area contributed by atoms with Gasteiger partial charge in [0.2, 0.25) is 0 Å². The molecule has 0 aromatic heterocycles. The molecule has 1 atom stereocenters. The van der Waals surface area contributed by atoms with Gasteiger partial charge in [0.1, 0.15) is 6.10 Å². The van der Waals surface area contributed by atoms with Crippen LogP contribution in [0.3, 0.4) is 0 Å². The third-order valence-corrected chi connectivity index (χ3v) is 4.68. The molecule has 146 valence electrons. The summed E-state index contributed by atoms with van der Waals surface area (Å²) < 4.78 is 16.6. The predicted molar refractivity (Wildman–Crippen MR) is 101 cm³/mol. The molecule has 1 saturated heterocycles. The van der Waals surface area contributed by atoms with E-state index in [0.29, 0.717) is 0 Å². The van der Waals surface area contributed by atoms with Gasteiger partial charge in [-0.05, 0) is 51.9 Å². The van der Waals surface area contributed by atoms with Crippen LogP contribution in [0.4, 0.5) is 0 Å². The maximum absolute atomic E-state index is 11.1. The van der Waals surface area contributed by atoms with E-state index in [9.17, 15) is 4.79 Å². The second-order valence-corrected chi connectivity index (χ2v) is 7.21. The topological polar surface area (TPSA) is 44.8 Å². The van der Waals surface area contributed by atoms with Gasteiger partial charge in [-0.1, -0.05) is 38.3 Å². The highest BCUT2D eigenvalue weighted by Crippen LogP contribution is 2.25. The molecule has 1 fully saturated rings. The molecule has 4 nitrogen and oxygen atoms in total. The Morgan fingerprint density at radius 1 is 1.04 bits per heavy atom. The third kappa shape index (κ3) is 11.4. The summed E-state index contributed by atoms with van der Waals surface area (Å²) in [5.41, 5.74) is 0. The minimum absolute atomic E-state index is 0.104. The SMILES string of the molecule is CCCCC(CCCC=CCCCCCC1(C)OCCO1)OC(C)=O. The van der Waals surface area contributed by atoms with Gasteiger partial charge in [-0.2, -0.15) is 0 Å². The second-order valence-electron chi connectivity index (χ2n) is 7.21. The van der Waals surface area contributed by atoms with Crippen molar-refractivity contribution in [2.45, 2.75) is 103 Å². The molecule has 0 amide bonds. The van der Waals surface area contributed by atoms with E-state index in [0.717, 1.165) is 71.0 Å². The van der Waals surface area contributed by atoms with Gasteiger partial charge in [0.25, 0.3) is 0 Å². The number of carbonyl (C=O) groups is 1. The highest BCUT2D eigenvalue weighted by molar-refractivity contribution is 5.66. The fraction of sp³-hybridized carbons (Fsp3) is 0.857. The summed E-state index contributed by atoms with van der Waals surface area (Å²) in [5, 5.41) is 0. The summed E-state index contributed by atoms with van der Waals surface area (Å²) in [5.74, 6) is -0.481. The fourth-order valence-electron chi connectivity index (χ4n) is 3.21. The molecule has 1 aliphatic rings. The van der Waals surface area contributed by atoms with Crippen LogP contribution < -0.4 is 0 Å². The zero-order valence-corrected chi connectivity index (χ0v) is 16.6. The molecule has 0 N–H and O–H groups in total. The van der Waals surface area contributed by atoms with E-state index in [1.807, 2.05) is 6.92 Å². The lowest BCUT2D eigenvalue weighted by Gasteiger charge is -2.21. The summed E-state index contributed by atoms with van der Waals surface area (Å²) >= 11 is 0. The van der Waals surface area contributed by atoms with Gasteiger partial charge in [-0.15, -0.1) is 0 Å². The van der Waals surface area contributed by atoms with E-state index in [-0.39, 0.29) is 17.9 Å². The number of allylic oxidation sites excluding steroid dienone is 2. The molecule has 0 bridgehead atoms. The number of esters is 1. The molecule has 0 aromatic carbocycles. The molecule has 1 aliphatic heterocycles. The zero-order chi connectivity index (χ0) is 18.4. The van der Waals surface area contributed by atoms with Gasteiger partial charge in [-0.25, -0.2) is 0 Å². The number of hydrogen-bond acceptors (Lipinski definition) is 4. The molecule has 1 rings (SSSR count). The Labute approximate surface area is 154 Å². The predicted octanol–water partition coefficient (Wildman–Crippen LogP) is 5.55. The van der Waals surface area contributed by atoms with E-state index >= 15 is 0 Å². The van der Waals surface area contributed by atoms with E-state index in [2.05, 4.69) is 19.1 Å². The van der Waals surface area contributed by atoms with Gasteiger partial charge < -0.3 is 14.2 Å². The lowest BCUT2D eigenvalue weighted by Crippen LogP contribution is -2.24. The molecular formula is C21H38O4. The molecule has 1 heterocycles. The van der Waals surface area contributed by atoms with Crippen LogP contribution in [0.2, 0.25) is 0 Å². The number of unbranched alkanes of at least 4 members (excludes halogenated alkanes) is 5. The smallest absolute Gasteiger partial charge is 0.302 e. The van der Waals surface area contributed by atoms with E-state index < -0.39 is 0 Å². The number of ether oxygens (including phenoxy) is 3. The van der Waals surface area contributed by atoms with Crippen LogP contribution in [0, 0.1) is 0 Å². The van der Waals surface area contributed by atoms with Gasteiger partial charge in [-0.3, -0.25) is 4.79 Å². The van der Waals surface area contributed by atoms with Crippen LogP contribution in [-0.4, -0.2) is 31.1 Å². The summed E-state index contributed by atoms with van der Waals surface area (Å²) in [6, 6.07) is 0. The Morgan fingerprint density at radius 3 is 2.32 bits per heavy atom. The summed E-state index contributed by atoms with van der Waals surface area (Å²) in [6.45, 7) is 7.18. The van der Waals surface area contributed by atoms with Crippen molar-refractivity contribution in [1.82, 2.24) is 0 Å². The van der Waals surface area contributed by atoms with Crippen molar-refractivity contribution in [3.8, 4) is 0 Å². The molecule has 25 heavy (non-hydrogen) atoms. The lowest BCUT2D eigenvalue weighted by atomic mass is 10.1. The molecule has 0 spiro atoms. The maximum Gasteiger partial charge on any atom is 0.302 e. The summed E-state index contributed by atoms with van der Waals surface area (Å²) in [6.07, 6.45) is 16.8. The van der Waals surface area contributed by atoms with Crippen molar-refractivity contribution in [2.75, 3.05) is 13.2 Å². The first-order valence-corrected chi connectivity index (χ1v) is 10.2. The Morgan fingerprint density at radius 2 is 1.68 bits per heavy atom. The highest BCUT2D eigenvalue weighted by Gasteiger charge is 2.29. The van der Waals surface area contributed by atoms with Gasteiger partial charge in [0, 0.05) is 13.3 Å². The molecule has 0 aromatic rings. The van der Waals surface area contributed by atoms with Gasteiger partial charge in [0.15, 0.2) is 5.79 Å². The Hall–Kier alpha value is -0.870. The first kappa shape index (κ1) is 22.2. The van der Waals surface area contributed by atoms with Crippen LogP contribution in [-0.2, 0) is 19.0 Å². The highest BCUT2D eigenvalue weighted by atomic mass is 16.7. The second kappa shape index (κ2) is 13.3. The normalized spacial score (nSPS) is 17.9. The van der Waals surface area contributed by atoms with E-state index in [1.165, 1.54) is 19.8 Å². The summed E-state index contributed by atoms with van der Waals surface area (Å²) in [7, 11) is 0. The first-order chi connectivity index (χ1) is 12.1. The summed E-state index contributed by atoms with van der Waals surface area (Å²) in [4.78, 5) is 11.1. The molecule has 0 radical (unpaired) electrons. The minimum atomic E-state index is -0.327. The molecule has 4 heteroatoms. The maximum atomic E-state index is 11.1. The minimum Gasteiger partial charge on any atom is -0.463 e. The lowest BCUT2D eigenvalue weighted by molar-refractivity contribution is -0.148. The number of rotatable bonds is 14. The van der Waals surface area contributed by atoms with Crippen LogP contribution in [0.25, 0.3) is 0 Å². The molecule has 1 unspecified atom stereocenters. The van der Waals surface area contributed by atoms with Crippen LogP contribution in [0.15, 0.2) is 12.2 Å². The standard InChI is InChI=1S/C21H38O4/c1-4-5-14-20(25-19(2)22)15-12-10-8-6-7-9-11-13-16-21(3)23-17-18-24-21/h6,8,20H,4-5,7,9-18H2,1-3H3. The van der Waals surface area contributed by atoms with Crippen molar-refractivity contribution >= 4 is 5.97 Å². The molecule has 0 aliphatic carbocycles. The van der Waals surface area contributed by atoms with Crippen molar-refractivity contribution in [3.05, 3.63) is 12.2 Å². The fourth-order valence-corrected chi connectivity index (χ4v) is 3.21. The van der Waals surface area contributed by atoms with Gasteiger partial charge in [0.05, 0.1) is 13.2 Å². The first-order valence-electron chi connectivity index (χ1n) is 10.2. The van der Waals surface area contributed by atoms with E-state index in [1.54, 1.807) is 0 Å². The van der Waals surface area contributed by atoms with Crippen molar-refractivity contribution < 1.29 is 19.0 Å². The number of hydrogen-bond donors (Lipinski definition) is 0. The van der Waals surface area contributed by atoms with Crippen LogP contribution in [0.5, 0.6) is 0 Å². The third-order valence-electron chi connectivity index (χ3n) is 4.68. The van der Waals surface area contributed by atoms with Crippen LogP contribution in [0.1, 0.15) is 91.4 Å². The zero-order valence-electron chi connectivity index (χ0n) is 16.6. The van der Waals surface area contributed by atoms with Crippen molar-refractivity contribution in [1.29, 1.82) is 0 Å². The average molecular weight is 355 g/mol. The Kier molecular flexibility index (Phi) is 11.8. The number of carbonyl (C=O) groups excluding carboxylic acids is 1. The Balaban J connectivity index is 1.98. The quantitative estimate of drug-likeness (QED) is 0.233. The molecule has 0 saturated carbocycles. The van der Waals surface area contributed by atoms with E-state index in [4.69, 9.17) is 14.2 Å². The van der Waals surface area contributed by atoms with Crippen LogP contribution >= 0.6 is 0 Å². The van der Waals surface area contributed by atoms with Crippen molar-refractivity contribution in [2.24, 2.45) is 0 Å². The van der Waals surface area contributed by atoms with Crippen molar-refractivity contribution in [3.63, 3.8) is 0 Å². The average Bonchev–Trinajstić information content (AvgIpc) is 3.00. The monoisotopic (exact) mass is 354 g/mol. The largest absolute Gasteiger partial charge is 0.463 e. The Bertz CT molecular complexity index is 372. The molecular weight excluding hydrogens is 316 g/mol.